The van der Waals surface area contributed by atoms with Crippen LogP contribution in [-0.2, 0) is 6.54 Å². The summed E-state index contributed by atoms with van der Waals surface area (Å²) in [6.07, 6.45) is 0. The van der Waals surface area contributed by atoms with Crippen LogP contribution < -0.4 is 10.6 Å². The lowest BCUT2D eigenvalue weighted by atomic mass is 10.1. The zero-order chi connectivity index (χ0) is 14.7. The molecule has 0 saturated heterocycles. The van der Waals surface area contributed by atoms with Crippen LogP contribution in [0.2, 0.25) is 0 Å². The van der Waals surface area contributed by atoms with Crippen LogP contribution in [-0.4, -0.2) is 6.03 Å². The van der Waals surface area contributed by atoms with Gasteiger partial charge in [0.05, 0.1) is 6.54 Å². The third-order valence-electron chi connectivity index (χ3n) is 3.49. The molecule has 104 valence electrons. The third-order valence-corrected chi connectivity index (χ3v) is 3.49. The topological polar surface area (TPSA) is 46.3 Å². The molecule has 0 fully saturated rings. The quantitative estimate of drug-likeness (QED) is 0.774. The lowest BCUT2D eigenvalue weighted by Crippen LogP contribution is -2.35. The standard InChI is InChI=1S/C18H16N2O/c19-18(21)20(13-14-6-2-1-3-7-14)17-11-10-15-8-4-5-9-16(15)12-17/h1-12H,13H2,(H2,19,21). The van der Waals surface area contributed by atoms with Gasteiger partial charge >= 0.3 is 6.03 Å². The maximum atomic E-state index is 11.8. The van der Waals surface area contributed by atoms with Gasteiger partial charge in [-0.1, -0.05) is 60.7 Å². The second-order valence-electron chi connectivity index (χ2n) is 4.94. The SMILES string of the molecule is NC(=O)N(Cc1ccccc1)c1ccc2ccccc2c1. The van der Waals surface area contributed by atoms with Gasteiger partial charge in [-0.3, -0.25) is 4.90 Å². The number of urea groups is 1. The number of carbonyl (C=O) groups excluding carboxylic acids is 1. The fraction of sp³-hybridized carbons (Fsp3) is 0.0556. The van der Waals surface area contributed by atoms with E-state index in [0.29, 0.717) is 6.54 Å². The van der Waals surface area contributed by atoms with E-state index in [1.807, 2.05) is 72.8 Å². The Labute approximate surface area is 123 Å². The minimum atomic E-state index is -0.450. The van der Waals surface area contributed by atoms with Crippen LogP contribution in [0.1, 0.15) is 5.56 Å². The van der Waals surface area contributed by atoms with Crippen LogP contribution in [0.25, 0.3) is 10.8 Å². The fourth-order valence-electron chi connectivity index (χ4n) is 2.41. The molecule has 0 radical (unpaired) electrons. The average molecular weight is 276 g/mol. The van der Waals surface area contributed by atoms with Crippen molar-refractivity contribution in [3.8, 4) is 0 Å². The van der Waals surface area contributed by atoms with E-state index in [2.05, 4.69) is 0 Å². The Kier molecular flexibility index (Phi) is 3.56. The summed E-state index contributed by atoms with van der Waals surface area (Å²) in [6, 6.07) is 23.4. The van der Waals surface area contributed by atoms with E-state index in [1.165, 1.54) is 0 Å². The van der Waals surface area contributed by atoms with Crippen molar-refractivity contribution in [2.75, 3.05) is 4.90 Å². The maximum Gasteiger partial charge on any atom is 0.319 e. The zero-order valence-corrected chi connectivity index (χ0v) is 11.6. The first kappa shape index (κ1) is 13.2. The molecule has 3 aromatic carbocycles. The molecule has 3 heteroatoms. The zero-order valence-electron chi connectivity index (χ0n) is 11.6. The maximum absolute atomic E-state index is 11.8. The van der Waals surface area contributed by atoms with E-state index in [0.717, 1.165) is 22.0 Å². The molecule has 3 rings (SSSR count). The summed E-state index contributed by atoms with van der Waals surface area (Å²) in [5, 5.41) is 2.24. The Morgan fingerprint density at radius 3 is 2.24 bits per heavy atom. The largest absolute Gasteiger partial charge is 0.351 e. The Balaban J connectivity index is 1.97. The number of hydrogen-bond donors (Lipinski definition) is 1. The van der Waals surface area contributed by atoms with Gasteiger partial charge in [-0.05, 0) is 28.5 Å². The van der Waals surface area contributed by atoms with Gasteiger partial charge in [0.1, 0.15) is 0 Å². The van der Waals surface area contributed by atoms with Gasteiger partial charge < -0.3 is 5.73 Å². The molecular weight excluding hydrogens is 260 g/mol. The minimum absolute atomic E-state index is 0.450. The van der Waals surface area contributed by atoms with Crippen molar-refractivity contribution < 1.29 is 4.79 Å². The van der Waals surface area contributed by atoms with Crippen LogP contribution in [0.4, 0.5) is 10.5 Å². The third kappa shape index (κ3) is 2.87. The van der Waals surface area contributed by atoms with Gasteiger partial charge in [0, 0.05) is 5.69 Å². The van der Waals surface area contributed by atoms with E-state index in [1.54, 1.807) is 4.90 Å². The Morgan fingerprint density at radius 1 is 0.857 bits per heavy atom. The molecule has 0 aromatic heterocycles. The van der Waals surface area contributed by atoms with Crippen LogP contribution in [0.15, 0.2) is 72.8 Å². The molecule has 0 spiro atoms. The second kappa shape index (κ2) is 5.67. The van der Waals surface area contributed by atoms with Gasteiger partial charge in [-0.25, -0.2) is 4.79 Å². The number of primary amides is 1. The van der Waals surface area contributed by atoms with E-state index in [4.69, 9.17) is 5.73 Å². The number of amides is 2. The van der Waals surface area contributed by atoms with Crippen molar-refractivity contribution >= 4 is 22.5 Å². The molecule has 0 atom stereocenters. The van der Waals surface area contributed by atoms with Crippen molar-refractivity contribution in [1.82, 2.24) is 0 Å². The smallest absolute Gasteiger partial charge is 0.319 e. The molecule has 21 heavy (non-hydrogen) atoms. The highest BCUT2D eigenvalue weighted by Gasteiger charge is 2.13. The Hall–Kier alpha value is -2.81. The summed E-state index contributed by atoms with van der Waals surface area (Å²) in [5.41, 5.74) is 7.40. The van der Waals surface area contributed by atoms with Gasteiger partial charge in [0.15, 0.2) is 0 Å². The Morgan fingerprint density at radius 2 is 1.52 bits per heavy atom. The van der Waals surface area contributed by atoms with Crippen molar-refractivity contribution in [2.45, 2.75) is 6.54 Å². The highest BCUT2D eigenvalue weighted by atomic mass is 16.2. The molecule has 0 heterocycles. The number of nitrogens with zero attached hydrogens (tertiary/aromatic N) is 1. The number of carbonyl (C=O) groups is 1. The predicted molar refractivity (Wildman–Crippen MR) is 86.2 cm³/mol. The number of rotatable bonds is 3. The van der Waals surface area contributed by atoms with Crippen molar-refractivity contribution in [1.29, 1.82) is 0 Å². The molecule has 0 saturated carbocycles. The van der Waals surface area contributed by atoms with E-state index in [9.17, 15) is 4.79 Å². The van der Waals surface area contributed by atoms with Gasteiger partial charge in [0.25, 0.3) is 0 Å². The molecule has 2 N–H and O–H groups in total. The van der Waals surface area contributed by atoms with Crippen LogP contribution in [0, 0.1) is 0 Å². The first-order valence-corrected chi connectivity index (χ1v) is 6.84. The van der Waals surface area contributed by atoms with E-state index < -0.39 is 6.03 Å². The lowest BCUT2D eigenvalue weighted by Gasteiger charge is -2.21. The lowest BCUT2D eigenvalue weighted by molar-refractivity contribution is 0.253. The molecule has 0 aliphatic rings. The van der Waals surface area contributed by atoms with Crippen molar-refractivity contribution in [2.24, 2.45) is 5.73 Å². The molecule has 0 unspecified atom stereocenters. The monoisotopic (exact) mass is 276 g/mol. The summed E-state index contributed by atoms with van der Waals surface area (Å²) in [4.78, 5) is 13.4. The number of benzene rings is 3. The molecule has 0 bridgehead atoms. The van der Waals surface area contributed by atoms with Crippen LogP contribution in [0.5, 0.6) is 0 Å². The molecule has 3 aromatic rings. The van der Waals surface area contributed by atoms with Crippen molar-refractivity contribution in [3.63, 3.8) is 0 Å². The predicted octanol–water partition coefficient (Wildman–Crippen LogP) is 3.93. The van der Waals surface area contributed by atoms with Gasteiger partial charge in [-0.2, -0.15) is 0 Å². The number of nitrogens with two attached hydrogens (primary N) is 1. The highest BCUT2D eigenvalue weighted by molar-refractivity contribution is 5.94. The molecule has 0 aliphatic carbocycles. The molecule has 3 nitrogen and oxygen atoms in total. The number of anilines is 1. The van der Waals surface area contributed by atoms with Gasteiger partial charge in [-0.15, -0.1) is 0 Å². The summed E-state index contributed by atoms with van der Waals surface area (Å²) < 4.78 is 0. The molecular formula is C18H16N2O. The molecule has 2 amide bonds. The number of fused-ring (bicyclic) bond motifs is 1. The highest BCUT2D eigenvalue weighted by Crippen LogP contribution is 2.23. The number of hydrogen-bond acceptors (Lipinski definition) is 1. The van der Waals surface area contributed by atoms with Gasteiger partial charge in [0.2, 0.25) is 0 Å². The summed E-state index contributed by atoms with van der Waals surface area (Å²) >= 11 is 0. The Bertz CT molecular complexity index is 768. The second-order valence-corrected chi connectivity index (χ2v) is 4.94. The van der Waals surface area contributed by atoms with Crippen LogP contribution >= 0.6 is 0 Å². The van der Waals surface area contributed by atoms with Crippen molar-refractivity contribution in [3.05, 3.63) is 78.4 Å². The first-order chi connectivity index (χ1) is 10.2. The minimum Gasteiger partial charge on any atom is -0.351 e. The summed E-state index contributed by atoms with van der Waals surface area (Å²) in [6.45, 7) is 0.467. The summed E-state index contributed by atoms with van der Waals surface area (Å²) in [5.74, 6) is 0. The first-order valence-electron chi connectivity index (χ1n) is 6.84. The average Bonchev–Trinajstić information content (AvgIpc) is 2.53. The molecule has 0 aliphatic heterocycles. The van der Waals surface area contributed by atoms with E-state index >= 15 is 0 Å². The normalized spacial score (nSPS) is 10.5. The summed E-state index contributed by atoms with van der Waals surface area (Å²) in [7, 11) is 0. The fourth-order valence-corrected chi connectivity index (χ4v) is 2.41. The van der Waals surface area contributed by atoms with E-state index in [-0.39, 0.29) is 0 Å². The van der Waals surface area contributed by atoms with Crippen LogP contribution in [0.3, 0.4) is 0 Å².